The molecule has 1 saturated carbocycles. The molecule has 1 N–H and O–H groups in total. The first-order valence-corrected chi connectivity index (χ1v) is 7.90. The molecule has 1 aromatic carbocycles. The van der Waals surface area contributed by atoms with Gasteiger partial charge in [-0.25, -0.2) is 0 Å². The Kier molecular flexibility index (Phi) is 5.47. The number of benzene rings is 1. The Balaban J connectivity index is 1.96. The number of hydrogen-bond acceptors (Lipinski definition) is 1. The van der Waals surface area contributed by atoms with Gasteiger partial charge in [-0.1, -0.05) is 44.2 Å². The molecule has 0 spiro atoms. The van der Waals surface area contributed by atoms with Crippen LogP contribution in [0.25, 0.3) is 0 Å². The molecule has 0 aromatic heterocycles. The molecule has 1 fully saturated rings. The molecule has 0 atom stereocenters. The summed E-state index contributed by atoms with van der Waals surface area (Å²) in [5.41, 5.74) is 0.949. The fourth-order valence-corrected chi connectivity index (χ4v) is 3.04. The lowest BCUT2D eigenvalue weighted by molar-refractivity contribution is -0.120. The second-order valence-electron chi connectivity index (χ2n) is 5.01. The fourth-order valence-electron chi connectivity index (χ4n) is 2.52. The molecule has 0 radical (unpaired) electrons. The van der Waals surface area contributed by atoms with Gasteiger partial charge in [-0.2, -0.15) is 0 Å². The molecule has 2 rings (SSSR count). The molecule has 0 unspecified atom stereocenters. The van der Waals surface area contributed by atoms with E-state index in [9.17, 15) is 4.79 Å². The van der Waals surface area contributed by atoms with E-state index >= 15 is 0 Å². The van der Waals surface area contributed by atoms with E-state index in [2.05, 4.69) is 27.9 Å². The van der Waals surface area contributed by atoms with E-state index in [1.807, 2.05) is 24.3 Å². The second-order valence-corrected chi connectivity index (χ2v) is 6.17. The molecule has 1 aliphatic rings. The maximum absolute atomic E-state index is 12.3. The summed E-state index contributed by atoms with van der Waals surface area (Å²) < 4.78 is 1.11. The number of rotatable bonds is 2. The second kappa shape index (κ2) is 7.12. The Morgan fingerprint density at radius 3 is 2.33 bits per heavy atom. The molecule has 18 heavy (non-hydrogen) atoms. The molecule has 1 aromatic rings. The standard InChI is InChI=1S/C15H20INO/c16-13-10-6-7-11-14(13)17-15(18)12-8-4-2-1-3-5-9-12/h6-7,10-12H,1-5,8-9H2,(H,17,18). The highest BCUT2D eigenvalue weighted by molar-refractivity contribution is 14.1. The third-order valence-electron chi connectivity index (χ3n) is 3.61. The minimum atomic E-state index is 0.209. The van der Waals surface area contributed by atoms with Gasteiger partial charge in [0, 0.05) is 9.49 Å². The summed E-state index contributed by atoms with van der Waals surface area (Å²) in [5.74, 6) is 0.419. The van der Waals surface area contributed by atoms with E-state index < -0.39 is 0 Å². The van der Waals surface area contributed by atoms with Crippen LogP contribution in [0.15, 0.2) is 24.3 Å². The molecule has 0 bridgehead atoms. The highest BCUT2D eigenvalue weighted by atomic mass is 127. The van der Waals surface area contributed by atoms with Gasteiger partial charge >= 0.3 is 0 Å². The molecule has 1 amide bonds. The highest BCUT2D eigenvalue weighted by Crippen LogP contribution is 2.24. The van der Waals surface area contributed by atoms with Crippen LogP contribution in [0.5, 0.6) is 0 Å². The summed E-state index contributed by atoms with van der Waals surface area (Å²) in [6.07, 6.45) is 8.41. The summed E-state index contributed by atoms with van der Waals surface area (Å²) >= 11 is 2.26. The van der Waals surface area contributed by atoms with Crippen molar-refractivity contribution in [3.05, 3.63) is 27.8 Å². The highest BCUT2D eigenvalue weighted by Gasteiger charge is 2.19. The van der Waals surface area contributed by atoms with Crippen molar-refractivity contribution in [2.45, 2.75) is 44.9 Å². The number of carbonyl (C=O) groups is 1. The van der Waals surface area contributed by atoms with Crippen LogP contribution in [0.3, 0.4) is 0 Å². The van der Waals surface area contributed by atoms with E-state index in [4.69, 9.17) is 0 Å². The maximum atomic E-state index is 12.3. The molecule has 0 heterocycles. The van der Waals surface area contributed by atoms with Crippen molar-refractivity contribution < 1.29 is 4.79 Å². The molecular formula is C15H20INO. The van der Waals surface area contributed by atoms with Crippen LogP contribution < -0.4 is 5.32 Å². The SMILES string of the molecule is O=C(Nc1ccccc1I)C1CCCCCCC1. The number of hydrogen-bond donors (Lipinski definition) is 1. The van der Waals surface area contributed by atoms with Crippen LogP contribution in [0.2, 0.25) is 0 Å². The number of halogens is 1. The smallest absolute Gasteiger partial charge is 0.227 e. The molecule has 0 saturated heterocycles. The van der Waals surface area contributed by atoms with Crippen molar-refractivity contribution in [2.24, 2.45) is 5.92 Å². The number of anilines is 1. The van der Waals surface area contributed by atoms with Gasteiger partial charge in [-0.15, -0.1) is 0 Å². The van der Waals surface area contributed by atoms with E-state index in [0.29, 0.717) is 0 Å². The van der Waals surface area contributed by atoms with Crippen LogP contribution >= 0.6 is 22.6 Å². The van der Waals surface area contributed by atoms with Crippen LogP contribution in [0, 0.1) is 9.49 Å². The predicted octanol–water partition coefficient (Wildman–Crippen LogP) is 4.59. The first-order chi connectivity index (χ1) is 8.77. The van der Waals surface area contributed by atoms with Crippen molar-refractivity contribution in [1.29, 1.82) is 0 Å². The topological polar surface area (TPSA) is 29.1 Å². The van der Waals surface area contributed by atoms with Crippen LogP contribution in [0.4, 0.5) is 5.69 Å². The average molecular weight is 357 g/mol. The number of carbonyl (C=O) groups excluding carboxylic acids is 1. The van der Waals surface area contributed by atoms with Crippen molar-refractivity contribution in [2.75, 3.05) is 5.32 Å². The molecule has 2 nitrogen and oxygen atoms in total. The molecule has 3 heteroatoms. The Morgan fingerprint density at radius 2 is 1.67 bits per heavy atom. The largest absolute Gasteiger partial charge is 0.325 e. The summed E-state index contributed by atoms with van der Waals surface area (Å²) in [4.78, 5) is 12.3. The monoisotopic (exact) mass is 357 g/mol. The van der Waals surface area contributed by atoms with Gasteiger partial charge in [0.2, 0.25) is 5.91 Å². The minimum Gasteiger partial charge on any atom is -0.325 e. The lowest BCUT2D eigenvalue weighted by Gasteiger charge is -2.19. The Morgan fingerprint density at radius 1 is 1.06 bits per heavy atom. The lowest BCUT2D eigenvalue weighted by atomic mass is 9.90. The van der Waals surface area contributed by atoms with Crippen LogP contribution in [0.1, 0.15) is 44.9 Å². The van der Waals surface area contributed by atoms with Gasteiger partial charge in [0.25, 0.3) is 0 Å². The number of para-hydroxylation sites is 1. The summed E-state index contributed by atoms with van der Waals surface area (Å²) in [7, 11) is 0. The first-order valence-electron chi connectivity index (χ1n) is 6.83. The van der Waals surface area contributed by atoms with Crippen molar-refractivity contribution in [3.8, 4) is 0 Å². The van der Waals surface area contributed by atoms with Gasteiger partial charge in [-0.3, -0.25) is 4.79 Å². The Hall–Kier alpha value is -0.580. The molecule has 0 aliphatic heterocycles. The Bertz CT molecular complexity index is 397. The molecule has 98 valence electrons. The number of nitrogens with one attached hydrogen (secondary N) is 1. The van der Waals surface area contributed by atoms with Crippen molar-refractivity contribution in [3.63, 3.8) is 0 Å². The zero-order chi connectivity index (χ0) is 12.8. The zero-order valence-electron chi connectivity index (χ0n) is 10.6. The van der Waals surface area contributed by atoms with E-state index in [0.717, 1.165) is 22.1 Å². The third kappa shape index (κ3) is 3.97. The normalized spacial score (nSPS) is 17.8. The zero-order valence-corrected chi connectivity index (χ0v) is 12.8. The van der Waals surface area contributed by atoms with Crippen LogP contribution in [-0.4, -0.2) is 5.91 Å². The fraction of sp³-hybridized carbons (Fsp3) is 0.533. The molecule has 1 aliphatic carbocycles. The van der Waals surface area contributed by atoms with Crippen LogP contribution in [-0.2, 0) is 4.79 Å². The van der Waals surface area contributed by atoms with E-state index in [-0.39, 0.29) is 11.8 Å². The van der Waals surface area contributed by atoms with Gasteiger partial charge in [-0.05, 0) is 47.6 Å². The summed E-state index contributed by atoms with van der Waals surface area (Å²) in [5, 5.41) is 3.08. The Labute approximate surface area is 123 Å². The first kappa shape index (κ1) is 13.8. The van der Waals surface area contributed by atoms with Gasteiger partial charge in [0.05, 0.1) is 5.69 Å². The van der Waals surface area contributed by atoms with Gasteiger partial charge in [0.1, 0.15) is 0 Å². The van der Waals surface area contributed by atoms with Gasteiger partial charge in [0.15, 0.2) is 0 Å². The van der Waals surface area contributed by atoms with Crippen molar-refractivity contribution >= 4 is 34.2 Å². The summed E-state index contributed by atoms with van der Waals surface area (Å²) in [6.45, 7) is 0. The maximum Gasteiger partial charge on any atom is 0.227 e. The molecular weight excluding hydrogens is 337 g/mol. The quantitative estimate of drug-likeness (QED) is 0.771. The average Bonchev–Trinajstić information content (AvgIpc) is 2.31. The van der Waals surface area contributed by atoms with Crippen molar-refractivity contribution in [1.82, 2.24) is 0 Å². The lowest BCUT2D eigenvalue weighted by Crippen LogP contribution is -2.24. The minimum absolute atomic E-state index is 0.209. The van der Waals surface area contributed by atoms with E-state index in [1.165, 1.54) is 32.1 Å². The number of amides is 1. The van der Waals surface area contributed by atoms with Gasteiger partial charge < -0.3 is 5.32 Å². The summed E-state index contributed by atoms with van der Waals surface area (Å²) in [6, 6.07) is 7.96. The third-order valence-corrected chi connectivity index (χ3v) is 4.55. The van der Waals surface area contributed by atoms with E-state index in [1.54, 1.807) is 0 Å². The predicted molar refractivity (Wildman–Crippen MR) is 83.6 cm³/mol.